The van der Waals surface area contributed by atoms with Gasteiger partial charge >= 0.3 is 5.97 Å². The first-order chi connectivity index (χ1) is 7.65. The molecule has 0 spiro atoms. The Labute approximate surface area is 94.4 Å². The molecule has 0 aliphatic heterocycles. The number of hydrogen-bond donors (Lipinski definition) is 0. The summed E-state index contributed by atoms with van der Waals surface area (Å²) in [6.07, 6.45) is 0.753. The Balaban J connectivity index is 2.92. The minimum Gasteiger partial charge on any atom is -0.456 e. The van der Waals surface area contributed by atoms with E-state index in [9.17, 15) is 9.59 Å². The van der Waals surface area contributed by atoms with Gasteiger partial charge in [0, 0.05) is 17.0 Å². The standard InChI is InChI=1S/C13H12O3/c1-3-16-13(15)5-4-11-6-10(2)7-12(8-11)9-14/h6-9H,3H2,1-2H3. The van der Waals surface area contributed by atoms with Gasteiger partial charge in [-0.2, -0.15) is 0 Å². The van der Waals surface area contributed by atoms with Crippen molar-refractivity contribution in [3.05, 3.63) is 34.9 Å². The van der Waals surface area contributed by atoms with Crippen molar-refractivity contribution in [3.63, 3.8) is 0 Å². The highest BCUT2D eigenvalue weighted by molar-refractivity contribution is 5.89. The molecule has 0 N–H and O–H groups in total. The van der Waals surface area contributed by atoms with E-state index in [1.165, 1.54) is 0 Å². The van der Waals surface area contributed by atoms with Crippen LogP contribution in [0.5, 0.6) is 0 Å². The van der Waals surface area contributed by atoms with E-state index >= 15 is 0 Å². The van der Waals surface area contributed by atoms with Crippen LogP contribution in [0.15, 0.2) is 18.2 Å². The number of esters is 1. The quantitative estimate of drug-likeness (QED) is 0.429. The summed E-state index contributed by atoms with van der Waals surface area (Å²) >= 11 is 0. The predicted molar refractivity (Wildman–Crippen MR) is 60.1 cm³/mol. The normalized spacial score (nSPS) is 8.88. The van der Waals surface area contributed by atoms with E-state index in [1.54, 1.807) is 25.1 Å². The van der Waals surface area contributed by atoms with Crippen molar-refractivity contribution in [1.82, 2.24) is 0 Å². The van der Waals surface area contributed by atoms with Crippen molar-refractivity contribution in [3.8, 4) is 11.8 Å². The van der Waals surface area contributed by atoms with Crippen LogP contribution in [0.3, 0.4) is 0 Å². The zero-order valence-electron chi connectivity index (χ0n) is 9.24. The second kappa shape index (κ2) is 5.72. The molecule has 0 aliphatic carbocycles. The Hall–Kier alpha value is -2.08. The van der Waals surface area contributed by atoms with Gasteiger partial charge in [-0.05, 0) is 37.6 Å². The lowest BCUT2D eigenvalue weighted by atomic mass is 10.1. The van der Waals surface area contributed by atoms with Crippen molar-refractivity contribution in [2.75, 3.05) is 6.61 Å². The molecule has 1 aromatic rings. The van der Waals surface area contributed by atoms with Gasteiger partial charge in [0.1, 0.15) is 6.29 Å². The topological polar surface area (TPSA) is 43.4 Å². The maximum absolute atomic E-state index is 11.0. The number of aryl methyl sites for hydroxylation is 1. The number of benzene rings is 1. The number of ether oxygens (including phenoxy) is 1. The van der Waals surface area contributed by atoms with Crippen LogP contribution in [0.1, 0.15) is 28.4 Å². The van der Waals surface area contributed by atoms with Crippen LogP contribution in [-0.4, -0.2) is 18.9 Å². The van der Waals surface area contributed by atoms with Crippen LogP contribution in [0.2, 0.25) is 0 Å². The summed E-state index contributed by atoms with van der Waals surface area (Å²) in [5.41, 5.74) is 2.11. The van der Waals surface area contributed by atoms with Gasteiger partial charge in [0.25, 0.3) is 0 Å². The van der Waals surface area contributed by atoms with Crippen LogP contribution in [0.4, 0.5) is 0 Å². The molecule has 16 heavy (non-hydrogen) atoms. The van der Waals surface area contributed by atoms with Crippen molar-refractivity contribution >= 4 is 12.3 Å². The van der Waals surface area contributed by atoms with Crippen LogP contribution in [-0.2, 0) is 9.53 Å². The fourth-order valence-corrected chi connectivity index (χ4v) is 1.24. The fourth-order valence-electron chi connectivity index (χ4n) is 1.24. The summed E-state index contributed by atoms with van der Waals surface area (Å²) in [5, 5.41) is 0. The Kier molecular flexibility index (Phi) is 4.28. The average Bonchev–Trinajstić information content (AvgIpc) is 2.26. The fraction of sp³-hybridized carbons (Fsp3) is 0.231. The highest BCUT2D eigenvalue weighted by atomic mass is 16.5. The molecule has 0 amide bonds. The van der Waals surface area contributed by atoms with Crippen LogP contribution in [0.25, 0.3) is 0 Å². The lowest BCUT2D eigenvalue weighted by Crippen LogP contribution is -1.99. The van der Waals surface area contributed by atoms with E-state index in [4.69, 9.17) is 0 Å². The van der Waals surface area contributed by atoms with E-state index in [2.05, 4.69) is 16.6 Å². The predicted octanol–water partition coefficient (Wildman–Crippen LogP) is 1.72. The molecule has 0 radical (unpaired) electrons. The second-order valence-corrected chi connectivity index (χ2v) is 3.22. The van der Waals surface area contributed by atoms with Gasteiger partial charge in [0.2, 0.25) is 0 Å². The Morgan fingerprint density at radius 1 is 1.44 bits per heavy atom. The number of rotatable bonds is 2. The molecule has 3 nitrogen and oxygen atoms in total. The van der Waals surface area contributed by atoms with Crippen molar-refractivity contribution in [1.29, 1.82) is 0 Å². The smallest absolute Gasteiger partial charge is 0.384 e. The third-order valence-corrected chi connectivity index (χ3v) is 1.82. The Bertz CT molecular complexity index is 464. The SMILES string of the molecule is CCOC(=O)C#Cc1cc(C)cc(C=O)c1. The van der Waals surface area contributed by atoms with Crippen molar-refractivity contribution < 1.29 is 14.3 Å². The monoisotopic (exact) mass is 216 g/mol. The number of aldehydes is 1. The molecule has 1 rings (SSSR count). The number of hydrogen-bond acceptors (Lipinski definition) is 3. The minimum absolute atomic E-state index is 0.306. The summed E-state index contributed by atoms with van der Waals surface area (Å²) in [5.74, 6) is 4.45. The molecule has 0 saturated carbocycles. The van der Waals surface area contributed by atoms with E-state index in [0.29, 0.717) is 17.7 Å². The van der Waals surface area contributed by atoms with Gasteiger partial charge < -0.3 is 4.74 Å². The molecule has 3 heteroatoms. The van der Waals surface area contributed by atoms with Crippen molar-refractivity contribution in [2.24, 2.45) is 0 Å². The number of carbonyl (C=O) groups is 2. The van der Waals surface area contributed by atoms with Gasteiger partial charge in [0.05, 0.1) is 6.61 Å². The third kappa shape index (κ3) is 3.58. The molecule has 0 heterocycles. The molecule has 0 bridgehead atoms. The summed E-state index contributed by atoms with van der Waals surface area (Å²) in [4.78, 5) is 21.6. The van der Waals surface area contributed by atoms with Crippen LogP contribution in [0, 0.1) is 18.8 Å². The van der Waals surface area contributed by atoms with Crippen molar-refractivity contribution in [2.45, 2.75) is 13.8 Å². The van der Waals surface area contributed by atoms with E-state index in [1.807, 2.05) is 6.92 Å². The Morgan fingerprint density at radius 3 is 2.81 bits per heavy atom. The molecular formula is C13H12O3. The zero-order chi connectivity index (χ0) is 12.0. The van der Waals surface area contributed by atoms with Gasteiger partial charge in [0.15, 0.2) is 0 Å². The first kappa shape index (κ1) is 12.0. The highest BCUT2D eigenvalue weighted by Crippen LogP contribution is 2.06. The second-order valence-electron chi connectivity index (χ2n) is 3.22. The maximum Gasteiger partial charge on any atom is 0.384 e. The molecule has 0 aromatic heterocycles. The summed E-state index contributed by atoms with van der Waals surface area (Å²) in [6, 6.07) is 5.19. The maximum atomic E-state index is 11.0. The molecule has 0 aliphatic rings. The first-order valence-electron chi connectivity index (χ1n) is 4.91. The summed E-state index contributed by atoms with van der Waals surface area (Å²) in [7, 11) is 0. The molecule has 82 valence electrons. The van der Waals surface area contributed by atoms with Gasteiger partial charge in [-0.3, -0.25) is 4.79 Å². The van der Waals surface area contributed by atoms with E-state index in [0.717, 1.165) is 11.8 Å². The Morgan fingerprint density at radius 2 is 2.19 bits per heavy atom. The zero-order valence-corrected chi connectivity index (χ0v) is 9.24. The highest BCUT2D eigenvalue weighted by Gasteiger charge is 1.96. The first-order valence-corrected chi connectivity index (χ1v) is 4.91. The lowest BCUT2D eigenvalue weighted by molar-refractivity contribution is -0.136. The lowest BCUT2D eigenvalue weighted by Gasteiger charge is -1.96. The third-order valence-electron chi connectivity index (χ3n) is 1.82. The molecule has 0 saturated heterocycles. The van der Waals surface area contributed by atoms with Gasteiger partial charge in [-0.25, -0.2) is 4.79 Å². The van der Waals surface area contributed by atoms with Crippen LogP contribution >= 0.6 is 0 Å². The molecule has 0 unspecified atom stereocenters. The van der Waals surface area contributed by atoms with Gasteiger partial charge in [-0.15, -0.1) is 0 Å². The van der Waals surface area contributed by atoms with E-state index < -0.39 is 5.97 Å². The summed E-state index contributed by atoms with van der Waals surface area (Å²) in [6.45, 7) is 3.89. The van der Waals surface area contributed by atoms with Gasteiger partial charge in [-0.1, -0.05) is 5.92 Å². The van der Waals surface area contributed by atoms with Crippen LogP contribution < -0.4 is 0 Å². The summed E-state index contributed by atoms with van der Waals surface area (Å²) < 4.78 is 4.67. The average molecular weight is 216 g/mol. The number of carbonyl (C=O) groups excluding carboxylic acids is 2. The molecular weight excluding hydrogens is 204 g/mol. The molecule has 0 atom stereocenters. The molecule has 1 aromatic carbocycles. The molecule has 0 fully saturated rings. The van der Waals surface area contributed by atoms with E-state index in [-0.39, 0.29) is 0 Å². The minimum atomic E-state index is -0.559. The largest absolute Gasteiger partial charge is 0.456 e.